The molecule has 1 saturated heterocycles. The van der Waals surface area contributed by atoms with Crippen molar-refractivity contribution >= 4 is 33.4 Å². The van der Waals surface area contributed by atoms with E-state index in [2.05, 4.69) is 24.1 Å². The van der Waals surface area contributed by atoms with Crippen molar-refractivity contribution in [2.75, 3.05) is 24.5 Å². The largest absolute Gasteiger partial charge is 0.356 e. The molecule has 2 aromatic heterocycles. The molecule has 1 aromatic carbocycles. The van der Waals surface area contributed by atoms with Crippen molar-refractivity contribution in [2.24, 2.45) is 11.8 Å². The predicted octanol–water partition coefficient (Wildman–Crippen LogP) is 4.03. The van der Waals surface area contributed by atoms with Gasteiger partial charge in [-0.1, -0.05) is 44.2 Å². The molecule has 3 heterocycles. The number of nitrogens with one attached hydrogen (secondary N) is 2. The maximum Gasteiger partial charge on any atom is 0.270 e. The number of aromatic nitrogens is 2. The molecule has 1 aliphatic heterocycles. The van der Waals surface area contributed by atoms with Crippen molar-refractivity contribution in [1.29, 1.82) is 0 Å². The third-order valence-electron chi connectivity index (χ3n) is 5.61. The Hall–Kier alpha value is -2.67. The summed E-state index contributed by atoms with van der Waals surface area (Å²) in [6, 6.07) is 10.0. The van der Waals surface area contributed by atoms with E-state index in [1.807, 2.05) is 40.6 Å². The first kappa shape index (κ1) is 20.6. The highest BCUT2D eigenvalue weighted by molar-refractivity contribution is 7.17. The average Bonchev–Trinajstić information content (AvgIpc) is 3.19. The maximum atomic E-state index is 12.7. The molecule has 0 saturated carbocycles. The number of piperidine rings is 1. The molecule has 158 valence electrons. The molecular formula is C23H28N4O2S. The second kappa shape index (κ2) is 9.00. The molecular weight excluding hydrogens is 396 g/mol. The molecule has 1 aliphatic rings. The van der Waals surface area contributed by atoms with Crippen LogP contribution in [0.25, 0.3) is 21.3 Å². The van der Waals surface area contributed by atoms with Crippen LogP contribution >= 0.6 is 11.3 Å². The molecule has 1 atom stereocenters. The number of aromatic amines is 1. The lowest BCUT2D eigenvalue weighted by molar-refractivity contribution is -0.125. The van der Waals surface area contributed by atoms with E-state index in [4.69, 9.17) is 4.98 Å². The van der Waals surface area contributed by atoms with Crippen molar-refractivity contribution in [3.8, 4) is 11.1 Å². The molecule has 0 bridgehead atoms. The molecule has 1 fully saturated rings. The Kier molecular flexibility index (Phi) is 6.18. The summed E-state index contributed by atoms with van der Waals surface area (Å²) in [4.78, 5) is 35.1. The van der Waals surface area contributed by atoms with E-state index in [0.29, 0.717) is 29.7 Å². The molecule has 0 spiro atoms. The summed E-state index contributed by atoms with van der Waals surface area (Å²) < 4.78 is 0.637. The van der Waals surface area contributed by atoms with Gasteiger partial charge in [0.15, 0.2) is 0 Å². The number of fused-ring (bicyclic) bond motifs is 1. The Morgan fingerprint density at radius 2 is 2.13 bits per heavy atom. The van der Waals surface area contributed by atoms with Gasteiger partial charge in [0.1, 0.15) is 4.70 Å². The molecule has 7 heteroatoms. The smallest absolute Gasteiger partial charge is 0.270 e. The molecule has 0 aliphatic carbocycles. The van der Waals surface area contributed by atoms with Gasteiger partial charge in [-0.2, -0.15) is 0 Å². The highest BCUT2D eigenvalue weighted by atomic mass is 32.1. The fraction of sp³-hybridized carbons (Fsp3) is 0.435. The first-order valence-electron chi connectivity index (χ1n) is 10.6. The molecule has 0 radical (unpaired) electrons. The number of benzene rings is 1. The van der Waals surface area contributed by atoms with Crippen LogP contribution in [0.1, 0.15) is 33.1 Å². The van der Waals surface area contributed by atoms with Crippen LogP contribution in [-0.4, -0.2) is 35.5 Å². The Bertz CT molecular complexity index is 1070. The van der Waals surface area contributed by atoms with E-state index in [1.165, 1.54) is 11.3 Å². The van der Waals surface area contributed by atoms with E-state index in [1.54, 1.807) is 0 Å². The standard InChI is InChI=1S/C23H28N4O2S/c1-15(2)10-11-24-21(28)17-9-6-12-27(13-17)23-25-19-18(16-7-4-3-5-8-16)14-30-20(19)22(29)26-23/h3-5,7-8,14-15,17H,6,9-13H2,1-2H3,(H,24,28)(H,25,26,29)/t17-/m0/s1. The van der Waals surface area contributed by atoms with Gasteiger partial charge in [-0.05, 0) is 30.7 Å². The molecule has 4 rings (SSSR count). The summed E-state index contributed by atoms with van der Waals surface area (Å²) >= 11 is 1.42. The van der Waals surface area contributed by atoms with Crippen molar-refractivity contribution in [1.82, 2.24) is 15.3 Å². The van der Waals surface area contributed by atoms with Crippen LogP contribution < -0.4 is 15.8 Å². The normalized spacial score (nSPS) is 16.9. The summed E-state index contributed by atoms with van der Waals surface area (Å²) in [5, 5.41) is 5.06. The van der Waals surface area contributed by atoms with Gasteiger partial charge in [0.25, 0.3) is 5.56 Å². The monoisotopic (exact) mass is 424 g/mol. The van der Waals surface area contributed by atoms with Crippen molar-refractivity contribution < 1.29 is 4.79 Å². The summed E-state index contributed by atoms with van der Waals surface area (Å²) in [5.41, 5.74) is 2.64. The second-order valence-electron chi connectivity index (χ2n) is 8.34. The third kappa shape index (κ3) is 4.41. The second-order valence-corrected chi connectivity index (χ2v) is 9.22. The summed E-state index contributed by atoms with van der Waals surface area (Å²) in [5.74, 6) is 1.15. The van der Waals surface area contributed by atoms with Gasteiger partial charge in [-0.3, -0.25) is 14.6 Å². The number of rotatable bonds is 6. The topological polar surface area (TPSA) is 78.1 Å². The SMILES string of the molecule is CC(C)CCNC(=O)[C@H]1CCCN(c2nc3c(-c4ccccc4)csc3c(=O)[nH]2)C1. The number of hydrogen-bond acceptors (Lipinski definition) is 5. The van der Waals surface area contributed by atoms with E-state index >= 15 is 0 Å². The summed E-state index contributed by atoms with van der Waals surface area (Å²) in [7, 11) is 0. The van der Waals surface area contributed by atoms with Gasteiger partial charge in [0.2, 0.25) is 11.9 Å². The van der Waals surface area contributed by atoms with E-state index in [0.717, 1.165) is 42.5 Å². The quantitative estimate of drug-likeness (QED) is 0.626. The number of nitrogens with zero attached hydrogens (tertiary/aromatic N) is 2. The molecule has 30 heavy (non-hydrogen) atoms. The highest BCUT2D eigenvalue weighted by Crippen LogP contribution is 2.32. The van der Waals surface area contributed by atoms with Crippen molar-refractivity contribution in [2.45, 2.75) is 33.1 Å². The number of anilines is 1. The van der Waals surface area contributed by atoms with Crippen LogP contribution in [0.5, 0.6) is 0 Å². The Balaban J connectivity index is 1.57. The van der Waals surface area contributed by atoms with E-state index in [9.17, 15) is 9.59 Å². The number of hydrogen-bond donors (Lipinski definition) is 2. The van der Waals surface area contributed by atoms with Crippen molar-refractivity contribution in [3.05, 3.63) is 46.1 Å². The number of carbonyl (C=O) groups is 1. The molecule has 0 unspecified atom stereocenters. The molecule has 6 nitrogen and oxygen atoms in total. The van der Waals surface area contributed by atoms with E-state index in [-0.39, 0.29) is 17.4 Å². The van der Waals surface area contributed by atoms with Crippen molar-refractivity contribution in [3.63, 3.8) is 0 Å². The first-order valence-corrected chi connectivity index (χ1v) is 11.5. The zero-order chi connectivity index (χ0) is 21.1. The highest BCUT2D eigenvalue weighted by Gasteiger charge is 2.27. The minimum Gasteiger partial charge on any atom is -0.356 e. The number of H-pyrrole nitrogens is 1. The van der Waals surface area contributed by atoms with Crippen LogP contribution in [0.2, 0.25) is 0 Å². The van der Waals surface area contributed by atoms with Gasteiger partial charge in [-0.25, -0.2) is 4.98 Å². The number of thiophene rings is 1. The van der Waals surface area contributed by atoms with Gasteiger partial charge >= 0.3 is 0 Å². The van der Waals surface area contributed by atoms with Crippen LogP contribution in [0.4, 0.5) is 5.95 Å². The zero-order valence-electron chi connectivity index (χ0n) is 17.5. The van der Waals surface area contributed by atoms with Gasteiger partial charge in [0.05, 0.1) is 11.4 Å². The van der Waals surface area contributed by atoms with Gasteiger partial charge < -0.3 is 10.2 Å². The molecule has 3 aromatic rings. The lowest BCUT2D eigenvalue weighted by Crippen LogP contribution is -2.44. The van der Waals surface area contributed by atoms with Gasteiger partial charge in [-0.15, -0.1) is 11.3 Å². The summed E-state index contributed by atoms with van der Waals surface area (Å²) in [6.45, 7) is 6.38. The molecule has 1 amide bonds. The van der Waals surface area contributed by atoms with Crippen LogP contribution in [0.15, 0.2) is 40.5 Å². The average molecular weight is 425 g/mol. The van der Waals surface area contributed by atoms with Gasteiger partial charge in [0, 0.05) is 30.6 Å². The fourth-order valence-electron chi connectivity index (χ4n) is 3.90. The van der Waals surface area contributed by atoms with E-state index < -0.39 is 0 Å². The number of carbonyl (C=O) groups excluding carboxylic acids is 1. The zero-order valence-corrected chi connectivity index (χ0v) is 18.3. The van der Waals surface area contributed by atoms with Crippen LogP contribution in [0.3, 0.4) is 0 Å². The summed E-state index contributed by atoms with van der Waals surface area (Å²) in [6.07, 6.45) is 2.75. The first-order chi connectivity index (χ1) is 14.5. The lowest BCUT2D eigenvalue weighted by atomic mass is 9.97. The third-order valence-corrected chi connectivity index (χ3v) is 6.58. The Morgan fingerprint density at radius 3 is 2.90 bits per heavy atom. The minimum absolute atomic E-state index is 0.0806. The maximum absolute atomic E-state index is 12.7. The lowest BCUT2D eigenvalue weighted by Gasteiger charge is -2.32. The Morgan fingerprint density at radius 1 is 1.33 bits per heavy atom. The Labute approximate surface area is 180 Å². The number of amides is 1. The van der Waals surface area contributed by atoms with Crippen LogP contribution in [0, 0.1) is 11.8 Å². The predicted molar refractivity (Wildman–Crippen MR) is 123 cm³/mol. The minimum atomic E-state index is -0.120. The van der Waals surface area contributed by atoms with Crippen LogP contribution in [-0.2, 0) is 4.79 Å². The fourth-order valence-corrected chi connectivity index (χ4v) is 4.81. The molecule has 2 N–H and O–H groups in total.